The maximum absolute atomic E-state index is 13.6. The van der Waals surface area contributed by atoms with Gasteiger partial charge in [-0.25, -0.2) is 4.39 Å². The molecule has 0 saturated heterocycles. The van der Waals surface area contributed by atoms with Crippen LogP contribution in [-0.2, 0) is 0 Å². The van der Waals surface area contributed by atoms with Crippen LogP contribution in [-0.4, -0.2) is 21.1 Å². The first-order chi connectivity index (χ1) is 7.83. The fourth-order valence-electron chi connectivity index (χ4n) is 1.49. The number of hydrogen-bond acceptors (Lipinski definition) is 5. The Kier molecular flexibility index (Phi) is 3.53. The predicted molar refractivity (Wildman–Crippen MR) is 59.6 cm³/mol. The molecule has 0 aliphatic rings. The van der Waals surface area contributed by atoms with E-state index in [2.05, 4.69) is 19.9 Å². The van der Waals surface area contributed by atoms with Crippen LogP contribution < -0.4 is 5.32 Å². The molecule has 2 rings (SSSR count). The number of pyridine rings is 1. The zero-order valence-electron chi connectivity index (χ0n) is 8.72. The molecule has 2 aromatic rings. The van der Waals surface area contributed by atoms with Crippen LogP contribution in [0.3, 0.4) is 0 Å². The lowest BCUT2D eigenvalue weighted by Crippen LogP contribution is -2.22. The summed E-state index contributed by atoms with van der Waals surface area (Å²) in [7, 11) is 0. The monoisotopic (exact) mass is 238 g/mol. The third kappa shape index (κ3) is 2.23. The smallest absolute Gasteiger partial charge is 0.146 e. The van der Waals surface area contributed by atoms with Gasteiger partial charge in [-0.3, -0.25) is 4.98 Å². The molecule has 6 heteroatoms. The molecule has 0 aliphatic carbocycles. The number of aromatic nitrogens is 3. The van der Waals surface area contributed by atoms with E-state index in [0.29, 0.717) is 5.56 Å². The van der Waals surface area contributed by atoms with E-state index in [9.17, 15) is 4.39 Å². The van der Waals surface area contributed by atoms with Crippen molar-refractivity contribution in [1.82, 2.24) is 19.9 Å². The summed E-state index contributed by atoms with van der Waals surface area (Å²) in [6.07, 6.45) is 4.45. The number of hydrogen-bond donors (Lipinski definition) is 1. The summed E-state index contributed by atoms with van der Waals surface area (Å²) in [4.78, 5) is 4.63. The molecule has 0 bridgehead atoms. The van der Waals surface area contributed by atoms with E-state index < -0.39 is 0 Å². The Hall–Kier alpha value is -1.40. The van der Waals surface area contributed by atoms with Gasteiger partial charge in [0.2, 0.25) is 0 Å². The molecule has 1 atom stereocenters. The average molecular weight is 238 g/mol. The van der Waals surface area contributed by atoms with Crippen LogP contribution in [0, 0.1) is 5.82 Å². The normalized spacial score (nSPS) is 12.6. The van der Waals surface area contributed by atoms with Crippen molar-refractivity contribution >= 4 is 11.5 Å². The summed E-state index contributed by atoms with van der Waals surface area (Å²) in [6, 6.07) is 1.47. The minimum Gasteiger partial charge on any atom is -0.306 e. The maximum Gasteiger partial charge on any atom is 0.146 e. The summed E-state index contributed by atoms with van der Waals surface area (Å²) in [6.45, 7) is 2.71. The molecule has 2 heterocycles. The highest BCUT2D eigenvalue weighted by Gasteiger charge is 2.18. The minimum atomic E-state index is -0.318. The summed E-state index contributed by atoms with van der Waals surface area (Å²) in [5.41, 5.74) is 0.572. The van der Waals surface area contributed by atoms with Gasteiger partial charge in [0.1, 0.15) is 5.82 Å². The first-order valence-corrected chi connectivity index (χ1v) is 5.70. The lowest BCUT2D eigenvalue weighted by Gasteiger charge is -2.16. The molecule has 1 unspecified atom stereocenters. The lowest BCUT2D eigenvalue weighted by molar-refractivity contribution is 0.558. The molecule has 1 N–H and O–H groups in total. The summed E-state index contributed by atoms with van der Waals surface area (Å²) >= 11 is 1.26. The van der Waals surface area contributed by atoms with Crippen LogP contribution in [0.25, 0.3) is 0 Å². The SMILES string of the molecule is CCNC(c1cnns1)c1ccncc1F. The van der Waals surface area contributed by atoms with Gasteiger partial charge >= 0.3 is 0 Å². The maximum atomic E-state index is 13.6. The van der Waals surface area contributed by atoms with Crippen molar-refractivity contribution < 1.29 is 4.39 Å². The van der Waals surface area contributed by atoms with Crippen LogP contribution >= 0.6 is 11.5 Å². The number of nitrogens with one attached hydrogen (secondary N) is 1. The van der Waals surface area contributed by atoms with Crippen LogP contribution in [0.2, 0.25) is 0 Å². The largest absolute Gasteiger partial charge is 0.306 e. The Morgan fingerprint density at radius 1 is 1.50 bits per heavy atom. The average Bonchev–Trinajstić information content (AvgIpc) is 2.80. The predicted octanol–water partition coefficient (Wildman–Crippen LogP) is 1.77. The number of rotatable bonds is 4. The quantitative estimate of drug-likeness (QED) is 0.882. The van der Waals surface area contributed by atoms with Crippen molar-refractivity contribution in [1.29, 1.82) is 0 Å². The molecule has 2 aromatic heterocycles. The third-order valence-corrected chi connectivity index (χ3v) is 2.91. The molecule has 84 valence electrons. The second-order valence-electron chi connectivity index (χ2n) is 3.21. The molecule has 0 saturated carbocycles. The molecule has 4 nitrogen and oxygen atoms in total. The van der Waals surface area contributed by atoms with Crippen molar-refractivity contribution in [3.8, 4) is 0 Å². The Bertz CT molecular complexity index is 446. The van der Waals surface area contributed by atoms with E-state index in [0.717, 1.165) is 11.4 Å². The van der Waals surface area contributed by atoms with Gasteiger partial charge in [-0.1, -0.05) is 11.4 Å². The van der Waals surface area contributed by atoms with Gasteiger partial charge in [-0.15, -0.1) is 5.10 Å². The van der Waals surface area contributed by atoms with Crippen LogP contribution in [0.5, 0.6) is 0 Å². The molecule has 0 fully saturated rings. The number of nitrogens with zero attached hydrogens (tertiary/aromatic N) is 3. The standard InChI is InChI=1S/C10H11FN4S/c1-2-13-10(9-6-14-15-16-9)7-3-4-12-5-8(7)11/h3-6,10,13H,2H2,1H3. The highest BCUT2D eigenvalue weighted by atomic mass is 32.1. The molecular weight excluding hydrogens is 227 g/mol. The highest BCUT2D eigenvalue weighted by molar-refractivity contribution is 7.05. The van der Waals surface area contributed by atoms with Gasteiger partial charge in [0.15, 0.2) is 0 Å². The van der Waals surface area contributed by atoms with E-state index in [4.69, 9.17) is 0 Å². The zero-order chi connectivity index (χ0) is 11.4. The number of halogens is 1. The van der Waals surface area contributed by atoms with E-state index in [1.54, 1.807) is 18.5 Å². The summed E-state index contributed by atoms with van der Waals surface area (Å²) in [5, 5.41) is 6.98. The molecule has 16 heavy (non-hydrogen) atoms. The second-order valence-corrected chi connectivity index (χ2v) is 4.03. The molecule has 0 aliphatic heterocycles. The van der Waals surface area contributed by atoms with E-state index in [1.807, 2.05) is 6.92 Å². The second kappa shape index (κ2) is 5.09. The van der Waals surface area contributed by atoms with E-state index >= 15 is 0 Å². The molecule has 0 amide bonds. The van der Waals surface area contributed by atoms with Crippen molar-refractivity contribution in [2.24, 2.45) is 0 Å². The fourth-order valence-corrected chi connectivity index (χ4v) is 2.09. The highest BCUT2D eigenvalue weighted by Crippen LogP contribution is 2.25. The molecule has 0 radical (unpaired) electrons. The van der Waals surface area contributed by atoms with Crippen molar-refractivity contribution in [3.63, 3.8) is 0 Å². The first-order valence-electron chi connectivity index (χ1n) is 4.93. The topological polar surface area (TPSA) is 50.7 Å². The Morgan fingerprint density at radius 2 is 2.38 bits per heavy atom. The van der Waals surface area contributed by atoms with Gasteiger partial charge < -0.3 is 5.32 Å². The zero-order valence-corrected chi connectivity index (χ0v) is 9.54. The molecule has 0 aromatic carbocycles. The van der Waals surface area contributed by atoms with Gasteiger partial charge in [-0.2, -0.15) is 0 Å². The van der Waals surface area contributed by atoms with Crippen LogP contribution in [0.15, 0.2) is 24.7 Å². The summed E-state index contributed by atoms with van der Waals surface area (Å²) in [5.74, 6) is -0.318. The Morgan fingerprint density at radius 3 is 3.00 bits per heavy atom. The van der Waals surface area contributed by atoms with Gasteiger partial charge in [0.25, 0.3) is 0 Å². The van der Waals surface area contributed by atoms with Gasteiger partial charge in [-0.05, 0) is 24.1 Å². The lowest BCUT2D eigenvalue weighted by atomic mass is 10.1. The summed E-state index contributed by atoms with van der Waals surface area (Å²) < 4.78 is 17.4. The first kappa shape index (κ1) is 11.1. The van der Waals surface area contributed by atoms with E-state index in [1.165, 1.54) is 17.7 Å². The van der Waals surface area contributed by atoms with Crippen molar-refractivity contribution in [3.05, 3.63) is 40.9 Å². The van der Waals surface area contributed by atoms with Gasteiger partial charge in [0.05, 0.1) is 23.3 Å². The fraction of sp³-hybridized carbons (Fsp3) is 0.300. The van der Waals surface area contributed by atoms with Crippen molar-refractivity contribution in [2.75, 3.05) is 6.54 Å². The minimum absolute atomic E-state index is 0.201. The van der Waals surface area contributed by atoms with Gasteiger partial charge in [0, 0.05) is 11.8 Å². The molecule has 0 spiro atoms. The van der Waals surface area contributed by atoms with Crippen LogP contribution in [0.1, 0.15) is 23.4 Å². The Balaban J connectivity index is 2.37. The Labute approximate surface area is 96.7 Å². The molecular formula is C10H11FN4S. The van der Waals surface area contributed by atoms with Crippen molar-refractivity contribution in [2.45, 2.75) is 13.0 Å². The third-order valence-electron chi connectivity index (χ3n) is 2.19. The van der Waals surface area contributed by atoms with E-state index in [-0.39, 0.29) is 11.9 Å². The van der Waals surface area contributed by atoms with Crippen LogP contribution in [0.4, 0.5) is 4.39 Å².